The number of allylic oxidation sites excluding steroid dienone is 3. The summed E-state index contributed by atoms with van der Waals surface area (Å²) in [4.78, 5) is 33.9. The zero-order chi connectivity index (χ0) is 17.6. The zero-order valence-electron chi connectivity index (χ0n) is 12.8. The predicted octanol–water partition coefficient (Wildman–Crippen LogP) is 2.86. The van der Waals surface area contributed by atoms with E-state index in [0.717, 1.165) is 17.7 Å². The van der Waals surface area contributed by atoms with Gasteiger partial charge in [0.1, 0.15) is 0 Å². The van der Waals surface area contributed by atoms with Gasteiger partial charge in [0, 0.05) is 17.7 Å². The van der Waals surface area contributed by atoms with Gasteiger partial charge in [-0.15, -0.1) is 0 Å². The van der Waals surface area contributed by atoms with Crippen LogP contribution in [0.2, 0.25) is 0 Å². The Kier molecular flexibility index (Phi) is 5.21. The molecule has 0 fully saturated rings. The van der Waals surface area contributed by atoms with Crippen molar-refractivity contribution in [3.8, 4) is 0 Å². The molecule has 1 aromatic rings. The van der Waals surface area contributed by atoms with Crippen molar-refractivity contribution in [2.24, 2.45) is 0 Å². The van der Waals surface area contributed by atoms with Gasteiger partial charge >= 0.3 is 11.7 Å². The number of rotatable bonds is 6. The van der Waals surface area contributed by atoms with Gasteiger partial charge in [-0.1, -0.05) is 49.1 Å². The van der Waals surface area contributed by atoms with Gasteiger partial charge in [-0.25, -0.2) is 4.79 Å². The molecule has 24 heavy (non-hydrogen) atoms. The van der Waals surface area contributed by atoms with Crippen LogP contribution in [0.5, 0.6) is 0 Å². The third-order valence-electron chi connectivity index (χ3n) is 3.40. The maximum atomic E-state index is 12.1. The largest absolute Gasteiger partial charge is 0.389 e. The lowest BCUT2D eigenvalue weighted by Gasteiger charge is -2.22. The van der Waals surface area contributed by atoms with Crippen LogP contribution < -0.4 is 0 Å². The first-order valence-electron chi connectivity index (χ1n) is 7.13. The normalized spacial score (nSPS) is 19.6. The van der Waals surface area contributed by atoms with E-state index in [1.165, 1.54) is 18.2 Å². The van der Waals surface area contributed by atoms with Gasteiger partial charge in [-0.3, -0.25) is 14.9 Å². The third-order valence-corrected chi connectivity index (χ3v) is 3.40. The van der Waals surface area contributed by atoms with E-state index < -0.39 is 16.6 Å². The van der Waals surface area contributed by atoms with Crippen molar-refractivity contribution in [1.29, 1.82) is 0 Å². The van der Waals surface area contributed by atoms with Crippen LogP contribution in [0.1, 0.15) is 12.0 Å². The van der Waals surface area contributed by atoms with E-state index in [9.17, 15) is 19.7 Å². The maximum absolute atomic E-state index is 12.1. The summed E-state index contributed by atoms with van der Waals surface area (Å²) in [7, 11) is 0. The molecule has 1 aliphatic carbocycles. The van der Waals surface area contributed by atoms with Gasteiger partial charge in [0.05, 0.1) is 11.3 Å². The standard InChI is InChI=1S/C18H15NO5/c1-2-17(21)24-18(19(22)23)12-10-15(11-13-18)16(20)9-8-14-6-4-3-5-7-14/h2-12H,1,13H2. The molecule has 1 atom stereocenters. The zero-order valence-corrected chi connectivity index (χ0v) is 12.8. The van der Waals surface area contributed by atoms with E-state index in [1.54, 1.807) is 6.08 Å². The summed E-state index contributed by atoms with van der Waals surface area (Å²) in [6.07, 6.45) is 7.46. The van der Waals surface area contributed by atoms with Crippen molar-refractivity contribution in [2.45, 2.75) is 12.1 Å². The maximum Gasteiger partial charge on any atom is 0.389 e. The van der Waals surface area contributed by atoms with Crippen LogP contribution in [0.15, 0.2) is 72.9 Å². The Morgan fingerprint density at radius 1 is 1.29 bits per heavy atom. The number of carbonyl (C=O) groups excluding carboxylic acids is 2. The number of ketones is 1. The van der Waals surface area contributed by atoms with Crippen LogP contribution in [0.25, 0.3) is 6.08 Å². The highest BCUT2D eigenvalue weighted by Gasteiger charge is 2.45. The Bertz CT molecular complexity index is 761. The van der Waals surface area contributed by atoms with Gasteiger partial charge < -0.3 is 4.74 Å². The van der Waals surface area contributed by atoms with Crippen molar-refractivity contribution in [3.63, 3.8) is 0 Å². The Morgan fingerprint density at radius 3 is 2.54 bits per heavy atom. The summed E-state index contributed by atoms with van der Waals surface area (Å²) < 4.78 is 4.83. The number of hydrogen-bond acceptors (Lipinski definition) is 5. The molecule has 1 aromatic carbocycles. The molecular formula is C18H15NO5. The quantitative estimate of drug-likeness (QED) is 0.264. The SMILES string of the molecule is C=CC(=O)OC1([N+](=O)[O-])C=CC(C(=O)C=Cc2ccccc2)=CC1. The van der Waals surface area contributed by atoms with Gasteiger partial charge in [0.15, 0.2) is 5.78 Å². The molecule has 0 heterocycles. The monoisotopic (exact) mass is 325 g/mol. The lowest BCUT2D eigenvalue weighted by atomic mass is 9.97. The summed E-state index contributed by atoms with van der Waals surface area (Å²) >= 11 is 0. The molecule has 0 aromatic heterocycles. The molecule has 6 heteroatoms. The Balaban J connectivity index is 2.11. The molecule has 1 unspecified atom stereocenters. The summed E-state index contributed by atoms with van der Waals surface area (Å²) in [6, 6.07) is 9.27. The number of nitro groups is 1. The second-order valence-corrected chi connectivity index (χ2v) is 5.03. The minimum atomic E-state index is -2.00. The van der Waals surface area contributed by atoms with Crippen molar-refractivity contribution < 1.29 is 19.2 Å². The molecule has 0 radical (unpaired) electrons. The van der Waals surface area contributed by atoms with Gasteiger partial charge in [-0.05, 0) is 17.7 Å². The number of ether oxygens (including phenoxy) is 1. The lowest BCUT2D eigenvalue weighted by Crippen LogP contribution is -2.41. The number of nitrogens with zero attached hydrogens (tertiary/aromatic N) is 1. The Hall–Kier alpha value is -3.28. The lowest BCUT2D eigenvalue weighted by molar-refractivity contribution is -0.604. The molecule has 0 amide bonds. The van der Waals surface area contributed by atoms with Crippen LogP contribution in [0.3, 0.4) is 0 Å². The first-order chi connectivity index (χ1) is 11.5. The van der Waals surface area contributed by atoms with Crippen LogP contribution in [0.4, 0.5) is 0 Å². The molecule has 0 bridgehead atoms. The Labute approximate surface area is 138 Å². The third kappa shape index (κ3) is 3.92. The van der Waals surface area contributed by atoms with Crippen molar-refractivity contribution in [2.75, 3.05) is 0 Å². The summed E-state index contributed by atoms with van der Waals surface area (Å²) in [5, 5.41) is 11.2. The fourth-order valence-corrected chi connectivity index (χ4v) is 2.09. The molecule has 0 spiro atoms. The predicted molar refractivity (Wildman–Crippen MR) is 88.3 cm³/mol. The molecule has 2 rings (SSSR count). The highest BCUT2D eigenvalue weighted by Crippen LogP contribution is 2.26. The van der Waals surface area contributed by atoms with E-state index in [-0.39, 0.29) is 12.2 Å². The van der Waals surface area contributed by atoms with E-state index >= 15 is 0 Å². The first kappa shape index (κ1) is 17.1. The molecule has 0 saturated carbocycles. The minimum absolute atomic E-state index is 0.226. The highest BCUT2D eigenvalue weighted by atomic mass is 16.7. The van der Waals surface area contributed by atoms with E-state index in [2.05, 4.69) is 6.58 Å². The summed E-state index contributed by atoms with van der Waals surface area (Å²) in [6.45, 7) is 3.21. The molecule has 6 nitrogen and oxygen atoms in total. The summed E-state index contributed by atoms with van der Waals surface area (Å²) in [5.41, 5.74) is -0.835. The number of esters is 1. The van der Waals surface area contributed by atoms with Crippen molar-refractivity contribution in [1.82, 2.24) is 0 Å². The molecule has 0 saturated heterocycles. The number of benzene rings is 1. The van der Waals surface area contributed by atoms with E-state index in [4.69, 9.17) is 4.74 Å². The van der Waals surface area contributed by atoms with E-state index in [0.29, 0.717) is 5.57 Å². The molecular weight excluding hydrogens is 310 g/mol. The first-order valence-corrected chi connectivity index (χ1v) is 7.13. The molecule has 0 N–H and O–H groups in total. The van der Waals surface area contributed by atoms with Crippen LogP contribution >= 0.6 is 0 Å². The van der Waals surface area contributed by atoms with Crippen LogP contribution in [0, 0.1) is 10.1 Å². The van der Waals surface area contributed by atoms with Crippen LogP contribution in [-0.2, 0) is 14.3 Å². The number of hydrogen-bond donors (Lipinski definition) is 0. The van der Waals surface area contributed by atoms with Gasteiger partial charge in [-0.2, -0.15) is 0 Å². The average Bonchev–Trinajstić information content (AvgIpc) is 2.61. The van der Waals surface area contributed by atoms with E-state index in [1.807, 2.05) is 30.3 Å². The molecule has 1 aliphatic rings. The Morgan fingerprint density at radius 2 is 2.00 bits per heavy atom. The second kappa shape index (κ2) is 7.32. The summed E-state index contributed by atoms with van der Waals surface area (Å²) in [5.74, 6) is -1.19. The fourth-order valence-electron chi connectivity index (χ4n) is 2.09. The molecule has 0 aliphatic heterocycles. The smallest absolute Gasteiger partial charge is 0.389 e. The number of carbonyl (C=O) groups is 2. The second-order valence-electron chi connectivity index (χ2n) is 5.03. The average molecular weight is 325 g/mol. The van der Waals surface area contributed by atoms with Crippen molar-refractivity contribution >= 4 is 17.8 Å². The van der Waals surface area contributed by atoms with Gasteiger partial charge in [0.2, 0.25) is 0 Å². The van der Waals surface area contributed by atoms with Crippen LogP contribution in [-0.4, -0.2) is 22.4 Å². The molecule has 122 valence electrons. The van der Waals surface area contributed by atoms with Crippen molar-refractivity contribution in [3.05, 3.63) is 88.5 Å². The fraction of sp³-hybridized carbons (Fsp3) is 0.111. The highest BCUT2D eigenvalue weighted by molar-refractivity contribution is 6.08. The minimum Gasteiger partial charge on any atom is -0.389 e. The topological polar surface area (TPSA) is 86.5 Å². The van der Waals surface area contributed by atoms with Gasteiger partial charge in [0.25, 0.3) is 0 Å².